The molecule has 1 nitrogen and oxygen atoms in total. The summed E-state index contributed by atoms with van der Waals surface area (Å²) in [5, 5.41) is 0. The molecule has 2 radical (unpaired) electrons. The van der Waals surface area contributed by atoms with Crippen molar-refractivity contribution < 1.29 is 24.3 Å². The Balaban J connectivity index is -0.00000000500. The van der Waals surface area contributed by atoms with Gasteiger partial charge in [-0.15, -0.1) is 0 Å². The Kier molecular flexibility index (Phi) is 64.9. The summed E-state index contributed by atoms with van der Waals surface area (Å²) in [6.07, 6.45) is 0. The Morgan fingerprint density at radius 1 is 1.25 bits per heavy atom. The van der Waals surface area contributed by atoms with E-state index in [-0.39, 0.29) is 78.7 Å². The molecule has 0 aliphatic heterocycles. The fraction of sp³-hybridized carbons (Fsp3) is 0. The van der Waals surface area contributed by atoms with Crippen LogP contribution in [0.5, 0.6) is 0 Å². The number of hydrogen-bond donors (Lipinski definition) is 0. The molecule has 0 aliphatic carbocycles. The van der Waals surface area contributed by atoms with Gasteiger partial charge in [0.05, 0.1) is 0 Å². The first-order chi connectivity index (χ1) is 1.00. The van der Waals surface area contributed by atoms with Crippen molar-refractivity contribution in [2.75, 3.05) is 0 Å². The summed E-state index contributed by atoms with van der Waals surface area (Å²) in [5.74, 6) is 0. The van der Waals surface area contributed by atoms with Crippen LogP contribution in [0.15, 0.2) is 0 Å². The molecule has 4 heteroatoms. The molecule has 0 aromatic carbocycles. The van der Waals surface area contributed by atoms with Crippen LogP contribution < -0.4 is 0 Å². The second-order valence-electron chi connectivity index (χ2n) is 0. The first-order valence-electron chi connectivity index (χ1n) is 0.183. The van der Waals surface area contributed by atoms with Gasteiger partial charge in [-0.3, -0.25) is 0 Å². The third kappa shape index (κ3) is 8.92. The van der Waals surface area contributed by atoms with Gasteiger partial charge in [0.2, 0.25) is 0 Å². The molecule has 0 saturated carbocycles. The molecule has 0 heterocycles. The van der Waals surface area contributed by atoms with Crippen molar-refractivity contribution in [2.45, 2.75) is 0 Å². The molecule has 0 unspecified atom stereocenters. The molecule has 0 atom stereocenters. The van der Waals surface area contributed by atoms with Gasteiger partial charge in [0.15, 0.2) is 0 Å². The SMILES string of the molecule is [KH].[O]=[Nb].[PbH2]. The Bertz CT molecular complexity index is 8.00. The molecule has 19 valence electrons. The van der Waals surface area contributed by atoms with Gasteiger partial charge in [0, 0.05) is 0 Å². The summed E-state index contributed by atoms with van der Waals surface area (Å²) >= 11 is 0.500. The molecule has 0 N–H and O–H groups in total. The van der Waals surface area contributed by atoms with Crippen molar-refractivity contribution >= 4 is 78.7 Å². The van der Waals surface area contributed by atoms with Gasteiger partial charge in [0.25, 0.3) is 0 Å². The van der Waals surface area contributed by atoms with Crippen LogP contribution in [0, 0.1) is 0 Å². The summed E-state index contributed by atoms with van der Waals surface area (Å²) in [6, 6.07) is 0. The molecular weight excluding hydrogens is 355 g/mol. The van der Waals surface area contributed by atoms with E-state index in [0.29, 0.717) is 21.0 Å². The average molecular weight is 358 g/mol. The van der Waals surface area contributed by atoms with Crippen molar-refractivity contribution in [3.63, 3.8) is 0 Å². The third-order valence-corrected chi connectivity index (χ3v) is 0. The standard InChI is InChI=1S/K.Nb.O.Pb.3H. The Hall–Kier alpha value is 3.10. The van der Waals surface area contributed by atoms with Gasteiger partial charge in [-0.05, 0) is 0 Å². The van der Waals surface area contributed by atoms with Crippen molar-refractivity contribution in [3.05, 3.63) is 0 Å². The van der Waals surface area contributed by atoms with E-state index in [1.165, 1.54) is 0 Å². The normalized spacial score (nSPS) is 0.750. The van der Waals surface area contributed by atoms with Gasteiger partial charge in [0.1, 0.15) is 0 Å². The maximum absolute atomic E-state index is 8.30. The molecular formula is H3KNbOPb. The quantitative estimate of drug-likeness (QED) is 0.473. The fourth-order valence-electron chi connectivity index (χ4n) is 0. The van der Waals surface area contributed by atoms with E-state index >= 15 is 0 Å². The molecule has 0 aromatic heterocycles. The minimum atomic E-state index is 0. The van der Waals surface area contributed by atoms with Crippen molar-refractivity contribution in [1.29, 1.82) is 0 Å². The Morgan fingerprint density at radius 3 is 1.25 bits per heavy atom. The molecule has 4 heavy (non-hydrogen) atoms. The second-order valence-corrected chi connectivity index (χ2v) is 0. The van der Waals surface area contributed by atoms with Crippen molar-refractivity contribution in [1.82, 2.24) is 0 Å². The van der Waals surface area contributed by atoms with Crippen LogP contribution in [0.4, 0.5) is 0 Å². The molecule has 0 aliphatic rings. The van der Waals surface area contributed by atoms with E-state index in [1.807, 2.05) is 0 Å². The van der Waals surface area contributed by atoms with Gasteiger partial charge < -0.3 is 0 Å². The van der Waals surface area contributed by atoms with E-state index in [9.17, 15) is 0 Å². The monoisotopic (exact) mass is 359 g/mol. The van der Waals surface area contributed by atoms with E-state index in [2.05, 4.69) is 0 Å². The van der Waals surface area contributed by atoms with Crippen LogP contribution in [0.25, 0.3) is 0 Å². The second kappa shape index (κ2) is 16.5. The van der Waals surface area contributed by atoms with Crippen LogP contribution >= 0.6 is 0 Å². The molecule has 0 saturated heterocycles. The number of rotatable bonds is 0. The van der Waals surface area contributed by atoms with E-state index in [0.717, 1.165) is 0 Å². The first-order valence-corrected chi connectivity index (χ1v) is 1.08. The molecule has 0 amide bonds. The summed E-state index contributed by atoms with van der Waals surface area (Å²) in [4.78, 5) is 0. The first kappa shape index (κ1) is 15.7. The topological polar surface area (TPSA) is 17.1 Å². The predicted molar refractivity (Wildman–Crippen MR) is 16.4 cm³/mol. The predicted octanol–water partition coefficient (Wildman–Crippen LogP) is -1.69. The molecule has 0 spiro atoms. The molecule has 0 fully saturated rings. The zero-order valence-electron chi connectivity index (χ0n) is 1.56. The van der Waals surface area contributed by atoms with Gasteiger partial charge >= 0.3 is 103 Å². The molecule has 0 bridgehead atoms. The van der Waals surface area contributed by atoms with E-state index in [1.54, 1.807) is 0 Å². The van der Waals surface area contributed by atoms with Crippen molar-refractivity contribution in [2.24, 2.45) is 0 Å². The van der Waals surface area contributed by atoms with Crippen molar-refractivity contribution in [3.8, 4) is 0 Å². The zero-order valence-corrected chi connectivity index (χ0v) is 9.26. The summed E-state index contributed by atoms with van der Waals surface area (Å²) in [7, 11) is 0. The van der Waals surface area contributed by atoms with Gasteiger partial charge in [-0.1, -0.05) is 0 Å². The van der Waals surface area contributed by atoms with E-state index in [4.69, 9.17) is 3.25 Å². The number of hydrogen-bond acceptors (Lipinski definition) is 1. The minimum absolute atomic E-state index is 0. The third-order valence-electron chi connectivity index (χ3n) is 0. The zero-order chi connectivity index (χ0) is 2.00. The van der Waals surface area contributed by atoms with Gasteiger partial charge in [-0.25, -0.2) is 0 Å². The van der Waals surface area contributed by atoms with Crippen LogP contribution in [0.1, 0.15) is 0 Å². The summed E-state index contributed by atoms with van der Waals surface area (Å²) in [6.45, 7) is 0. The average Bonchev–Trinajstić information content (AvgIpc) is 1.00. The van der Waals surface area contributed by atoms with Crippen LogP contribution in [0.2, 0.25) is 0 Å². The summed E-state index contributed by atoms with van der Waals surface area (Å²) in [5.41, 5.74) is 0. The maximum atomic E-state index is 8.30. The molecule has 0 aromatic rings. The van der Waals surface area contributed by atoms with Gasteiger partial charge in [-0.2, -0.15) is 0 Å². The summed E-state index contributed by atoms with van der Waals surface area (Å²) < 4.78 is 8.30. The van der Waals surface area contributed by atoms with Crippen LogP contribution in [-0.4, -0.2) is 78.7 Å². The molecule has 0 rings (SSSR count). The Morgan fingerprint density at radius 2 is 1.25 bits per heavy atom. The van der Waals surface area contributed by atoms with E-state index < -0.39 is 0 Å². The fourth-order valence-corrected chi connectivity index (χ4v) is 0. The van der Waals surface area contributed by atoms with Crippen LogP contribution in [-0.2, 0) is 24.3 Å². The Labute approximate surface area is 100 Å². The van der Waals surface area contributed by atoms with Crippen LogP contribution in [0.3, 0.4) is 0 Å².